The maximum atomic E-state index is 11.8. The fraction of sp³-hybridized carbons (Fsp3) is 0.250. The number of carbonyl (C=O) groups excluding carboxylic acids is 2. The zero-order valence-electron chi connectivity index (χ0n) is 18.4. The predicted octanol–water partition coefficient (Wildman–Crippen LogP) is 3.11. The number of nitrogens with zero attached hydrogens (tertiary/aromatic N) is 5. The minimum Gasteiger partial charge on any atom is -0.336 e. The Bertz CT molecular complexity index is 1450. The van der Waals surface area contributed by atoms with Gasteiger partial charge in [0, 0.05) is 48.9 Å². The van der Waals surface area contributed by atoms with E-state index in [2.05, 4.69) is 32.3 Å². The van der Waals surface area contributed by atoms with Crippen molar-refractivity contribution in [3.05, 3.63) is 59.7 Å². The van der Waals surface area contributed by atoms with Gasteiger partial charge in [0.25, 0.3) is 0 Å². The lowest BCUT2D eigenvalue weighted by Gasteiger charge is -2.26. The quantitative estimate of drug-likeness (QED) is 0.509. The van der Waals surface area contributed by atoms with Gasteiger partial charge in [-0.15, -0.1) is 0 Å². The number of fused-ring (bicyclic) bond motifs is 3. The van der Waals surface area contributed by atoms with Crippen molar-refractivity contribution in [2.24, 2.45) is 0 Å². The summed E-state index contributed by atoms with van der Waals surface area (Å²) < 4.78 is 4.00. The second-order valence-corrected chi connectivity index (χ2v) is 8.64. The highest BCUT2D eigenvalue weighted by molar-refractivity contribution is 6.00. The van der Waals surface area contributed by atoms with Crippen molar-refractivity contribution in [2.45, 2.75) is 33.4 Å². The molecule has 0 bridgehead atoms. The molecule has 0 unspecified atom stereocenters. The molecule has 5 heterocycles. The van der Waals surface area contributed by atoms with Crippen LogP contribution in [0.15, 0.2) is 42.7 Å². The van der Waals surface area contributed by atoms with Gasteiger partial charge in [0.15, 0.2) is 11.5 Å². The van der Waals surface area contributed by atoms with Crippen LogP contribution >= 0.6 is 0 Å². The van der Waals surface area contributed by atoms with E-state index in [0.717, 1.165) is 50.9 Å². The molecule has 9 heteroatoms. The van der Waals surface area contributed by atoms with Crippen LogP contribution in [-0.2, 0) is 29.1 Å². The third-order valence-corrected chi connectivity index (χ3v) is 6.37. The topological polar surface area (TPSA) is 96.6 Å². The highest BCUT2D eigenvalue weighted by Gasteiger charge is 2.21. The number of carbonyl (C=O) groups is 2. The second-order valence-electron chi connectivity index (χ2n) is 8.64. The van der Waals surface area contributed by atoms with Crippen molar-refractivity contribution in [2.75, 3.05) is 17.2 Å². The number of pyridine rings is 1. The Balaban J connectivity index is 1.38. The van der Waals surface area contributed by atoms with Crippen molar-refractivity contribution < 1.29 is 9.59 Å². The average molecular weight is 441 g/mol. The van der Waals surface area contributed by atoms with Crippen molar-refractivity contribution in [3.8, 4) is 11.1 Å². The summed E-state index contributed by atoms with van der Waals surface area (Å²) in [4.78, 5) is 29.9. The molecule has 166 valence electrons. The molecule has 1 aromatic carbocycles. The number of nitrogens with one attached hydrogen (secondary N) is 2. The minimum absolute atomic E-state index is 0.0255. The number of aryl methyl sites for hydroxylation is 1. The Morgan fingerprint density at radius 2 is 2.03 bits per heavy atom. The molecule has 2 amide bonds. The molecule has 9 nitrogen and oxygen atoms in total. The zero-order valence-corrected chi connectivity index (χ0v) is 18.4. The van der Waals surface area contributed by atoms with Crippen molar-refractivity contribution in [3.63, 3.8) is 0 Å². The summed E-state index contributed by atoms with van der Waals surface area (Å²) in [6.07, 6.45) is 4.33. The molecule has 0 aliphatic carbocycles. The predicted molar refractivity (Wildman–Crippen MR) is 124 cm³/mol. The number of hydrogen-bond donors (Lipinski definition) is 2. The van der Waals surface area contributed by atoms with Gasteiger partial charge >= 0.3 is 0 Å². The lowest BCUT2D eigenvalue weighted by molar-refractivity contribution is -0.130. The number of imidazole rings is 1. The lowest BCUT2D eigenvalue weighted by atomic mass is 10.0. The van der Waals surface area contributed by atoms with Crippen molar-refractivity contribution >= 4 is 34.7 Å². The first-order valence-corrected chi connectivity index (χ1v) is 10.9. The number of hydrogen-bond acceptors (Lipinski definition) is 5. The molecule has 2 N–H and O–H groups in total. The average Bonchev–Trinajstić information content (AvgIpc) is 3.48. The summed E-state index contributed by atoms with van der Waals surface area (Å²) in [7, 11) is 0. The smallest absolute Gasteiger partial charge is 0.228 e. The summed E-state index contributed by atoms with van der Waals surface area (Å²) in [6, 6.07) is 10.1. The summed E-state index contributed by atoms with van der Waals surface area (Å²) in [5.41, 5.74) is 7.56. The Kier molecular flexibility index (Phi) is 4.26. The fourth-order valence-corrected chi connectivity index (χ4v) is 4.58. The third-order valence-electron chi connectivity index (χ3n) is 6.37. The first-order valence-electron chi connectivity index (χ1n) is 10.9. The van der Waals surface area contributed by atoms with Gasteiger partial charge in [0.1, 0.15) is 0 Å². The van der Waals surface area contributed by atoms with Crippen LogP contribution in [0.4, 0.5) is 17.2 Å². The molecule has 2 aliphatic rings. The van der Waals surface area contributed by atoms with Crippen LogP contribution in [0.5, 0.6) is 0 Å². The van der Waals surface area contributed by atoms with E-state index in [1.807, 2.05) is 47.0 Å². The molecule has 33 heavy (non-hydrogen) atoms. The maximum Gasteiger partial charge on any atom is 0.228 e. The van der Waals surface area contributed by atoms with Gasteiger partial charge in [0.2, 0.25) is 11.8 Å². The molecule has 2 aliphatic heterocycles. The zero-order chi connectivity index (χ0) is 22.7. The Labute approximate surface area is 190 Å². The van der Waals surface area contributed by atoms with Crippen molar-refractivity contribution in [1.29, 1.82) is 0 Å². The molecule has 0 atom stereocenters. The van der Waals surface area contributed by atoms with Crippen LogP contribution in [0, 0.1) is 6.92 Å². The number of aromatic nitrogens is 4. The van der Waals surface area contributed by atoms with Gasteiger partial charge in [-0.05, 0) is 30.2 Å². The molecule has 6 rings (SSSR count). The van der Waals surface area contributed by atoms with Gasteiger partial charge in [-0.3, -0.25) is 14.3 Å². The molecule has 0 spiro atoms. The SMILES string of the molecule is CC(=O)N1CCn2nc(Nc3cc(-c4ccc5c(c4)NC(=O)C5)cn4c(C)cnc34)cc2C1. The fourth-order valence-electron chi connectivity index (χ4n) is 4.58. The molecule has 0 saturated heterocycles. The number of anilines is 3. The Morgan fingerprint density at radius 3 is 2.88 bits per heavy atom. The van der Waals surface area contributed by atoms with Gasteiger partial charge in [-0.1, -0.05) is 12.1 Å². The van der Waals surface area contributed by atoms with Crippen molar-refractivity contribution in [1.82, 2.24) is 24.1 Å². The largest absolute Gasteiger partial charge is 0.336 e. The molecular formula is C24H23N7O2. The third kappa shape index (κ3) is 3.32. The van der Waals surface area contributed by atoms with Gasteiger partial charge in [-0.2, -0.15) is 5.10 Å². The van der Waals surface area contributed by atoms with E-state index in [1.165, 1.54) is 0 Å². The first kappa shape index (κ1) is 19.5. The first-order chi connectivity index (χ1) is 15.9. The summed E-state index contributed by atoms with van der Waals surface area (Å²) in [5.74, 6) is 0.818. The molecule has 0 fully saturated rings. The highest BCUT2D eigenvalue weighted by atomic mass is 16.2. The number of rotatable bonds is 3. The number of amides is 2. The van der Waals surface area contributed by atoms with E-state index in [1.54, 1.807) is 6.92 Å². The van der Waals surface area contributed by atoms with Gasteiger partial charge in [-0.25, -0.2) is 4.98 Å². The normalized spacial score (nSPS) is 14.8. The summed E-state index contributed by atoms with van der Waals surface area (Å²) in [6.45, 7) is 5.51. The van der Waals surface area contributed by atoms with Gasteiger partial charge < -0.3 is 19.9 Å². The van der Waals surface area contributed by atoms with E-state index in [4.69, 9.17) is 5.10 Å². The molecule has 0 saturated carbocycles. The van der Waals surface area contributed by atoms with E-state index >= 15 is 0 Å². The van der Waals surface area contributed by atoms with E-state index in [-0.39, 0.29) is 11.8 Å². The molecule has 3 aromatic heterocycles. The highest BCUT2D eigenvalue weighted by Crippen LogP contribution is 2.33. The van der Waals surface area contributed by atoms with Crippen LogP contribution in [0.25, 0.3) is 16.8 Å². The van der Waals surface area contributed by atoms with Crippen LogP contribution in [0.2, 0.25) is 0 Å². The lowest BCUT2D eigenvalue weighted by Crippen LogP contribution is -2.36. The standard InChI is InChI=1S/C24H23N7O2/c1-14-11-25-24-21(26-22-10-19-13-29(15(2)32)5-6-31(19)28-22)8-18(12-30(14)24)16-3-4-17-9-23(33)27-20(17)7-16/h3-4,7-8,10-12H,5-6,9,13H2,1-2H3,(H,26,28)(H,27,33). The van der Waals surface area contributed by atoms with Crippen LogP contribution in [0.1, 0.15) is 23.9 Å². The Morgan fingerprint density at radius 1 is 1.15 bits per heavy atom. The minimum atomic E-state index is 0.0255. The van der Waals surface area contributed by atoms with E-state index in [9.17, 15) is 9.59 Å². The van der Waals surface area contributed by atoms with E-state index < -0.39 is 0 Å². The molecule has 4 aromatic rings. The molecule has 0 radical (unpaired) electrons. The second kappa shape index (κ2) is 7.19. The monoisotopic (exact) mass is 441 g/mol. The van der Waals surface area contributed by atoms with Gasteiger partial charge in [0.05, 0.1) is 30.9 Å². The molecular weight excluding hydrogens is 418 g/mol. The maximum absolute atomic E-state index is 11.8. The van der Waals surface area contributed by atoms with Crippen LogP contribution < -0.4 is 10.6 Å². The van der Waals surface area contributed by atoms with E-state index in [0.29, 0.717) is 26.1 Å². The number of benzene rings is 1. The summed E-state index contributed by atoms with van der Waals surface area (Å²) in [5, 5.41) is 11.1. The van der Waals surface area contributed by atoms with Crippen LogP contribution in [0.3, 0.4) is 0 Å². The van der Waals surface area contributed by atoms with Crippen LogP contribution in [-0.4, -0.2) is 42.4 Å². The Hall–Kier alpha value is -4.14. The summed E-state index contributed by atoms with van der Waals surface area (Å²) >= 11 is 0.